The average Bonchev–Trinajstić information content (AvgIpc) is 3.05. The molecule has 1 aliphatic heterocycles. The Morgan fingerprint density at radius 1 is 1.20 bits per heavy atom. The number of fused-ring (bicyclic) bond motifs is 1. The minimum absolute atomic E-state index is 0.00203. The van der Waals surface area contributed by atoms with Crippen molar-refractivity contribution in [2.24, 2.45) is 5.92 Å². The van der Waals surface area contributed by atoms with E-state index in [1.807, 2.05) is 50.2 Å². The number of likely N-dealkylation sites (tertiary alicyclic amines) is 1. The van der Waals surface area contributed by atoms with Crippen molar-refractivity contribution in [3.63, 3.8) is 0 Å². The van der Waals surface area contributed by atoms with Crippen LogP contribution < -0.4 is 10.2 Å². The number of aromatic nitrogens is 1. The topological polar surface area (TPSA) is 54.3 Å². The van der Waals surface area contributed by atoms with Gasteiger partial charge in [-0.1, -0.05) is 41.1 Å². The molecule has 1 saturated heterocycles. The fourth-order valence-electron chi connectivity index (χ4n) is 4.07. The van der Waals surface area contributed by atoms with Gasteiger partial charge in [0.05, 0.1) is 10.2 Å². The quantitative estimate of drug-likeness (QED) is 0.593. The number of hydrogen-bond donors (Lipinski definition) is 1. The maximum atomic E-state index is 12.8. The highest BCUT2D eigenvalue weighted by molar-refractivity contribution is 7.16. The van der Waals surface area contributed by atoms with Gasteiger partial charge in [-0.25, -0.2) is 0 Å². The van der Waals surface area contributed by atoms with Crippen molar-refractivity contribution >= 4 is 44.7 Å². The second-order valence-corrected chi connectivity index (χ2v) is 9.55. The van der Waals surface area contributed by atoms with Crippen molar-refractivity contribution in [2.75, 3.05) is 18.4 Å². The van der Waals surface area contributed by atoms with E-state index < -0.39 is 0 Å². The number of rotatable bonds is 5. The van der Waals surface area contributed by atoms with Gasteiger partial charge in [-0.3, -0.25) is 19.1 Å². The molecule has 0 aliphatic carbocycles. The number of nitrogens with zero attached hydrogens (tertiary/aromatic N) is 2. The van der Waals surface area contributed by atoms with Crippen LogP contribution in [-0.2, 0) is 11.3 Å². The van der Waals surface area contributed by atoms with E-state index in [1.165, 1.54) is 11.3 Å². The van der Waals surface area contributed by atoms with Crippen molar-refractivity contribution in [1.82, 2.24) is 9.47 Å². The van der Waals surface area contributed by atoms with E-state index >= 15 is 0 Å². The van der Waals surface area contributed by atoms with Crippen LogP contribution in [0.1, 0.15) is 38.3 Å². The summed E-state index contributed by atoms with van der Waals surface area (Å²) in [5.41, 5.74) is 2.80. The molecule has 4 rings (SSSR count). The molecule has 7 heteroatoms. The minimum atomic E-state index is 0.00203. The monoisotopic (exact) mass is 443 g/mol. The molecular formula is C23H26ClN3O2S. The van der Waals surface area contributed by atoms with Crippen molar-refractivity contribution in [3.8, 4) is 0 Å². The van der Waals surface area contributed by atoms with E-state index in [-0.39, 0.29) is 22.7 Å². The normalized spacial score (nSPS) is 15.7. The molecule has 5 nitrogen and oxygen atoms in total. The highest BCUT2D eigenvalue weighted by Gasteiger charge is 2.25. The molecule has 0 unspecified atom stereocenters. The lowest BCUT2D eigenvalue weighted by Crippen LogP contribution is -2.37. The summed E-state index contributed by atoms with van der Waals surface area (Å²) in [5, 5.41) is 3.85. The molecule has 1 aromatic heterocycles. The predicted molar refractivity (Wildman–Crippen MR) is 125 cm³/mol. The Bertz CT molecular complexity index is 1110. The van der Waals surface area contributed by atoms with Gasteiger partial charge in [0.1, 0.15) is 0 Å². The maximum absolute atomic E-state index is 12.8. The van der Waals surface area contributed by atoms with Gasteiger partial charge in [-0.05, 0) is 69.6 Å². The van der Waals surface area contributed by atoms with E-state index in [1.54, 1.807) is 4.57 Å². The Morgan fingerprint density at radius 2 is 1.93 bits per heavy atom. The van der Waals surface area contributed by atoms with Gasteiger partial charge in [-0.15, -0.1) is 0 Å². The molecule has 2 aromatic carbocycles. The van der Waals surface area contributed by atoms with E-state index in [4.69, 9.17) is 11.6 Å². The summed E-state index contributed by atoms with van der Waals surface area (Å²) in [7, 11) is 0. The molecule has 3 aromatic rings. The number of piperidine rings is 1. The van der Waals surface area contributed by atoms with Crippen LogP contribution in [0.15, 0.2) is 47.3 Å². The lowest BCUT2D eigenvalue weighted by molar-refractivity contribution is -0.121. The lowest BCUT2D eigenvalue weighted by atomic mass is 9.95. The zero-order chi connectivity index (χ0) is 21.3. The number of hydrogen-bond acceptors (Lipinski definition) is 4. The molecule has 0 atom stereocenters. The second kappa shape index (κ2) is 8.92. The number of nitrogens with one attached hydrogen (secondary N) is 1. The van der Waals surface area contributed by atoms with Crippen LogP contribution >= 0.6 is 22.9 Å². The zero-order valence-corrected chi connectivity index (χ0v) is 18.8. The maximum Gasteiger partial charge on any atom is 0.308 e. The second-order valence-electron chi connectivity index (χ2n) is 8.15. The van der Waals surface area contributed by atoms with Gasteiger partial charge in [0.15, 0.2) is 0 Å². The summed E-state index contributed by atoms with van der Waals surface area (Å²) in [4.78, 5) is 27.4. The molecule has 158 valence electrons. The zero-order valence-electron chi connectivity index (χ0n) is 17.2. The summed E-state index contributed by atoms with van der Waals surface area (Å²) in [6, 6.07) is 13.7. The number of thiazole rings is 1. The van der Waals surface area contributed by atoms with Crippen molar-refractivity contribution in [3.05, 3.63) is 62.7 Å². The molecule has 2 heterocycles. The Kier molecular flexibility index (Phi) is 6.27. The molecule has 1 aliphatic rings. The molecular weight excluding hydrogens is 418 g/mol. The number of halogens is 1. The van der Waals surface area contributed by atoms with E-state index in [0.29, 0.717) is 0 Å². The highest BCUT2D eigenvalue weighted by Crippen LogP contribution is 2.26. The van der Waals surface area contributed by atoms with Gasteiger partial charge in [0.25, 0.3) is 0 Å². The molecule has 0 radical (unpaired) electrons. The van der Waals surface area contributed by atoms with Crippen LogP contribution in [0.5, 0.6) is 0 Å². The highest BCUT2D eigenvalue weighted by atomic mass is 35.5. The van der Waals surface area contributed by atoms with Crippen LogP contribution in [0.3, 0.4) is 0 Å². The lowest BCUT2D eigenvalue weighted by Gasteiger charge is -2.31. The first-order valence-corrected chi connectivity index (χ1v) is 11.5. The fourth-order valence-corrected chi connectivity index (χ4v) is 5.32. The third-order valence-corrected chi connectivity index (χ3v) is 6.99. The van der Waals surface area contributed by atoms with E-state index in [2.05, 4.69) is 16.3 Å². The first-order chi connectivity index (χ1) is 14.4. The summed E-state index contributed by atoms with van der Waals surface area (Å²) in [6.07, 6.45) is 1.66. The van der Waals surface area contributed by atoms with Crippen molar-refractivity contribution < 1.29 is 4.79 Å². The van der Waals surface area contributed by atoms with Crippen LogP contribution in [0.2, 0.25) is 5.02 Å². The van der Waals surface area contributed by atoms with Crippen LogP contribution in [0, 0.1) is 5.92 Å². The SMILES string of the molecule is CC(C)n1c(=O)sc2cc(NC(=O)C3CCN(Cc4ccccc4Cl)CC3)ccc21. The van der Waals surface area contributed by atoms with Crippen molar-refractivity contribution in [1.29, 1.82) is 0 Å². The standard InChI is InChI=1S/C23H26ClN3O2S/c1-15(2)27-20-8-7-18(13-21(20)30-23(27)29)25-22(28)16-9-11-26(12-10-16)14-17-5-3-4-6-19(17)24/h3-8,13,15-16H,9-12,14H2,1-2H3,(H,25,28). The van der Waals surface area contributed by atoms with Crippen molar-refractivity contribution in [2.45, 2.75) is 39.3 Å². The molecule has 1 amide bonds. The largest absolute Gasteiger partial charge is 0.326 e. The Balaban J connectivity index is 1.37. The summed E-state index contributed by atoms with van der Waals surface area (Å²) >= 11 is 7.50. The Labute approximate surface area is 185 Å². The van der Waals surface area contributed by atoms with Crippen LogP contribution in [0.4, 0.5) is 5.69 Å². The van der Waals surface area contributed by atoms with Gasteiger partial charge in [0.2, 0.25) is 5.91 Å². The van der Waals surface area contributed by atoms with Gasteiger partial charge >= 0.3 is 4.87 Å². The number of benzene rings is 2. The number of anilines is 1. The minimum Gasteiger partial charge on any atom is -0.326 e. The summed E-state index contributed by atoms with van der Waals surface area (Å²) in [6.45, 7) is 6.57. The third kappa shape index (κ3) is 4.46. The fraction of sp³-hybridized carbons (Fsp3) is 0.391. The number of carbonyl (C=O) groups excluding carboxylic acids is 1. The Hall–Kier alpha value is -2.15. The first kappa shape index (κ1) is 21.1. The predicted octanol–water partition coefficient (Wildman–Crippen LogP) is 5.15. The molecule has 0 spiro atoms. The molecule has 0 saturated carbocycles. The van der Waals surface area contributed by atoms with Gasteiger partial charge in [0, 0.05) is 29.2 Å². The Morgan fingerprint density at radius 3 is 2.63 bits per heavy atom. The average molecular weight is 444 g/mol. The molecule has 0 bridgehead atoms. The third-order valence-electron chi connectivity index (χ3n) is 5.71. The van der Waals surface area contributed by atoms with Crippen LogP contribution in [0.25, 0.3) is 10.2 Å². The van der Waals surface area contributed by atoms with E-state index in [0.717, 1.165) is 59.0 Å². The number of carbonyl (C=O) groups is 1. The summed E-state index contributed by atoms with van der Waals surface area (Å²) < 4.78 is 2.70. The number of amides is 1. The molecule has 1 N–H and O–H groups in total. The first-order valence-electron chi connectivity index (χ1n) is 10.3. The van der Waals surface area contributed by atoms with Gasteiger partial charge in [-0.2, -0.15) is 0 Å². The van der Waals surface area contributed by atoms with Gasteiger partial charge < -0.3 is 5.32 Å². The van der Waals surface area contributed by atoms with Crippen LogP contribution in [-0.4, -0.2) is 28.5 Å². The molecule has 1 fully saturated rings. The smallest absolute Gasteiger partial charge is 0.308 e. The summed E-state index contributed by atoms with van der Waals surface area (Å²) in [5.74, 6) is 0.0598. The van der Waals surface area contributed by atoms with E-state index in [9.17, 15) is 9.59 Å². The molecule has 30 heavy (non-hydrogen) atoms.